The summed E-state index contributed by atoms with van der Waals surface area (Å²) in [7, 11) is -1.97. The van der Waals surface area contributed by atoms with E-state index in [4.69, 9.17) is 0 Å². The molecule has 0 bridgehead atoms. The van der Waals surface area contributed by atoms with E-state index >= 15 is 0 Å². The molecular weight excluding hydrogens is 248 g/mol. The van der Waals surface area contributed by atoms with Crippen molar-refractivity contribution in [2.24, 2.45) is 5.92 Å². The zero-order valence-corrected chi connectivity index (χ0v) is 11.6. The van der Waals surface area contributed by atoms with E-state index in [1.54, 1.807) is 12.1 Å². The van der Waals surface area contributed by atoms with Gasteiger partial charge in [0, 0.05) is 6.04 Å². The minimum absolute atomic E-state index is 0.326. The van der Waals surface area contributed by atoms with E-state index < -0.39 is 10.0 Å². The summed E-state index contributed by atoms with van der Waals surface area (Å²) in [6.07, 6.45) is 3.52. The minimum Gasteiger partial charge on any atom is -0.381 e. The van der Waals surface area contributed by atoms with Crippen LogP contribution in [0, 0.1) is 5.92 Å². The highest BCUT2D eigenvalue weighted by molar-refractivity contribution is 7.89. The van der Waals surface area contributed by atoms with Gasteiger partial charge in [0.05, 0.1) is 5.69 Å². The molecule has 1 aliphatic carbocycles. The maximum atomic E-state index is 11.9. The molecule has 2 unspecified atom stereocenters. The standard InChI is InChI=1S/C13H20N2O2S/c1-10-6-5-8-11(10)15-12-7-3-4-9-13(12)18(16,17)14-2/h3-4,7,9-11,14-15H,5-6,8H2,1-2H3. The third-order valence-corrected chi connectivity index (χ3v) is 5.12. The van der Waals surface area contributed by atoms with Crippen LogP contribution in [0.2, 0.25) is 0 Å². The number of para-hydroxylation sites is 1. The van der Waals surface area contributed by atoms with Crippen LogP contribution >= 0.6 is 0 Å². The molecule has 2 rings (SSSR count). The number of anilines is 1. The molecule has 1 fully saturated rings. The summed E-state index contributed by atoms with van der Waals surface area (Å²) in [5.41, 5.74) is 0.700. The average molecular weight is 268 g/mol. The number of benzene rings is 1. The Morgan fingerprint density at radius 2 is 1.94 bits per heavy atom. The van der Waals surface area contributed by atoms with Gasteiger partial charge in [0.15, 0.2) is 0 Å². The molecule has 1 saturated carbocycles. The molecule has 2 N–H and O–H groups in total. The highest BCUT2D eigenvalue weighted by atomic mass is 32.2. The number of hydrogen-bond acceptors (Lipinski definition) is 3. The lowest BCUT2D eigenvalue weighted by Crippen LogP contribution is -2.25. The Hall–Kier alpha value is -1.07. The summed E-state index contributed by atoms with van der Waals surface area (Å²) in [5, 5.41) is 3.38. The van der Waals surface area contributed by atoms with Crippen LogP contribution < -0.4 is 10.0 Å². The first kappa shape index (κ1) is 13.4. The van der Waals surface area contributed by atoms with E-state index in [0.29, 0.717) is 22.5 Å². The van der Waals surface area contributed by atoms with Gasteiger partial charge in [-0.15, -0.1) is 0 Å². The summed E-state index contributed by atoms with van der Waals surface area (Å²) < 4.78 is 26.2. The molecule has 0 aromatic heterocycles. The van der Waals surface area contributed by atoms with Crippen LogP contribution in [0.5, 0.6) is 0 Å². The van der Waals surface area contributed by atoms with Gasteiger partial charge in [0.2, 0.25) is 10.0 Å². The fraction of sp³-hybridized carbons (Fsp3) is 0.538. The minimum atomic E-state index is -3.40. The molecule has 2 atom stereocenters. The van der Waals surface area contributed by atoms with E-state index in [9.17, 15) is 8.42 Å². The molecule has 5 heteroatoms. The van der Waals surface area contributed by atoms with Crippen molar-refractivity contribution in [3.8, 4) is 0 Å². The van der Waals surface area contributed by atoms with Crippen molar-refractivity contribution in [2.75, 3.05) is 12.4 Å². The molecule has 18 heavy (non-hydrogen) atoms. The van der Waals surface area contributed by atoms with Crippen molar-refractivity contribution in [3.63, 3.8) is 0 Å². The summed E-state index contributed by atoms with van der Waals surface area (Å²) in [6.45, 7) is 2.21. The van der Waals surface area contributed by atoms with Gasteiger partial charge in [0.1, 0.15) is 4.90 Å². The van der Waals surface area contributed by atoms with Gasteiger partial charge in [-0.2, -0.15) is 0 Å². The molecule has 0 amide bonds. The molecule has 0 spiro atoms. The SMILES string of the molecule is CNS(=O)(=O)c1ccccc1NC1CCCC1C. The lowest BCUT2D eigenvalue weighted by atomic mass is 10.1. The van der Waals surface area contributed by atoms with Crippen molar-refractivity contribution in [1.29, 1.82) is 0 Å². The number of sulfonamides is 1. The molecular formula is C13H20N2O2S. The van der Waals surface area contributed by atoms with Crippen molar-refractivity contribution in [2.45, 2.75) is 37.1 Å². The van der Waals surface area contributed by atoms with Gasteiger partial charge in [0.25, 0.3) is 0 Å². The van der Waals surface area contributed by atoms with Crippen LogP contribution in [-0.4, -0.2) is 21.5 Å². The zero-order valence-electron chi connectivity index (χ0n) is 10.8. The van der Waals surface area contributed by atoms with E-state index in [0.717, 1.165) is 6.42 Å². The lowest BCUT2D eigenvalue weighted by Gasteiger charge is -2.20. The quantitative estimate of drug-likeness (QED) is 0.880. The molecule has 1 aliphatic rings. The van der Waals surface area contributed by atoms with Crippen molar-refractivity contribution >= 4 is 15.7 Å². The van der Waals surface area contributed by atoms with Crippen LogP contribution in [0.15, 0.2) is 29.2 Å². The average Bonchev–Trinajstić information content (AvgIpc) is 2.76. The molecule has 0 radical (unpaired) electrons. The number of nitrogens with one attached hydrogen (secondary N) is 2. The monoisotopic (exact) mass is 268 g/mol. The predicted molar refractivity (Wildman–Crippen MR) is 73.1 cm³/mol. The zero-order chi connectivity index (χ0) is 13.2. The fourth-order valence-corrected chi connectivity index (χ4v) is 3.38. The molecule has 0 aliphatic heterocycles. The Morgan fingerprint density at radius 3 is 2.56 bits per heavy atom. The van der Waals surface area contributed by atoms with E-state index in [-0.39, 0.29) is 0 Å². The highest BCUT2D eigenvalue weighted by Crippen LogP contribution is 2.30. The predicted octanol–water partition coefficient (Wildman–Crippen LogP) is 2.20. The van der Waals surface area contributed by atoms with Crippen LogP contribution in [0.4, 0.5) is 5.69 Å². The second kappa shape index (κ2) is 5.28. The first-order valence-corrected chi connectivity index (χ1v) is 7.82. The molecule has 1 aromatic carbocycles. The molecule has 4 nitrogen and oxygen atoms in total. The summed E-state index contributed by atoms with van der Waals surface area (Å²) >= 11 is 0. The molecule has 100 valence electrons. The van der Waals surface area contributed by atoms with Gasteiger partial charge in [-0.25, -0.2) is 13.1 Å². The summed E-state index contributed by atoms with van der Waals surface area (Å²) in [4.78, 5) is 0.326. The maximum Gasteiger partial charge on any atom is 0.242 e. The normalized spacial score (nSPS) is 24.1. The van der Waals surface area contributed by atoms with E-state index in [2.05, 4.69) is 17.0 Å². The Labute approximate surface area is 109 Å². The second-order valence-electron chi connectivity index (χ2n) is 4.86. The van der Waals surface area contributed by atoms with Gasteiger partial charge >= 0.3 is 0 Å². The van der Waals surface area contributed by atoms with Crippen LogP contribution in [0.3, 0.4) is 0 Å². The summed E-state index contributed by atoms with van der Waals surface area (Å²) in [5.74, 6) is 0.593. The molecule has 0 heterocycles. The largest absolute Gasteiger partial charge is 0.381 e. The highest BCUT2D eigenvalue weighted by Gasteiger charge is 2.25. The topological polar surface area (TPSA) is 58.2 Å². The molecule has 0 saturated heterocycles. The van der Waals surface area contributed by atoms with E-state index in [1.165, 1.54) is 19.9 Å². The third kappa shape index (κ3) is 2.67. The van der Waals surface area contributed by atoms with Crippen molar-refractivity contribution in [1.82, 2.24) is 4.72 Å². The van der Waals surface area contributed by atoms with Crippen molar-refractivity contribution < 1.29 is 8.42 Å². The van der Waals surface area contributed by atoms with Gasteiger partial charge in [-0.05, 0) is 37.9 Å². The third-order valence-electron chi connectivity index (χ3n) is 3.65. The Morgan fingerprint density at radius 1 is 1.22 bits per heavy atom. The molecule has 1 aromatic rings. The summed E-state index contributed by atoms with van der Waals surface area (Å²) in [6, 6.07) is 7.44. The van der Waals surface area contributed by atoms with Gasteiger partial charge in [-0.1, -0.05) is 25.5 Å². The number of rotatable bonds is 4. The first-order chi connectivity index (χ1) is 8.54. The van der Waals surface area contributed by atoms with Crippen LogP contribution in [-0.2, 0) is 10.0 Å². The van der Waals surface area contributed by atoms with Gasteiger partial charge in [-0.3, -0.25) is 0 Å². The second-order valence-corrected chi connectivity index (χ2v) is 6.72. The van der Waals surface area contributed by atoms with Crippen LogP contribution in [0.1, 0.15) is 26.2 Å². The number of hydrogen-bond donors (Lipinski definition) is 2. The van der Waals surface area contributed by atoms with Crippen molar-refractivity contribution in [3.05, 3.63) is 24.3 Å². The maximum absolute atomic E-state index is 11.9. The van der Waals surface area contributed by atoms with E-state index in [1.807, 2.05) is 12.1 Å². The van der Waals surface area contributed by atoms with Gasteiger partial charge < -0.3 is 5.32 Å². The lowest BCUT2D eigenvalue weighted by molar-refractivity contribution is 0.554. The Bertz CT molecular complexity index is 513. The fourth-order valence-electron chi connectivity index (χ4n) is 2.49. The Kier molecular flexibility index (Phi) is 3.92. The Balaban J connectivity index is 2.28. The van der Waals surface area contributed by atoms with Crippen LogP contribution in [0.25, 0.3) is 0 Å². The smallest absolute Gasteiger partial charge is 0.242 e. The first-order valence-electron chi connectivity index (χ1n) is 6.33.